The van der Waals surface area contributed by atoms with Crippen molar-refractivity contribution in [2.75, 3.05) is 43.6 Å². The van der Waals surface area contributed by atoms with Gasteiger partial charge >= 0.3 is 0 Å². The van der Waals surface area contributed by atoms with Gasteiger partial charge in [-0.2, -0.15) is 4.98 Å². The molecule has 1 aromatic heterocycles. The summed E-state index contributed by atoms with van der Waals surface area (Å²) in [5.41, 5.74) is 17.6. The number of piperidine rings is 1. The normalized spacial score (nSPS) is 22.1. The number of hydrazine groups is 1. The van der Waals surface area contributed by atoms with Crippen LogP contribution in [0, 0.1) is 19.8 Å². The number of rotatable bonds is 5. The van der Waals surface area contributed by atoms with Crippen LogP contribution in [-0.4, -0.2) is 48.1 Å². The summed E-state index contributed by atoms with van der Waals surface area (Å²) in [6, 6.07) is 12.9. The van der Waals surface area contributed by atoms with Crippen molar-refractivity contribution in [3.05, 3.63) is 76.0 Å². The van der Waals surface area contributed by atoms with Gasteiger partial charge in [0.25, 0.3) is 0 Å². The third kappa shape index (κ3) is 4.59. The molecule has 0 bridgehead atoms. The number of aromatic nitrogens is 2. The van der Waals surface area contributed by atoms with Crippen molar-refractivity contribution in [2.45, 2.75) is 45.3 Å². The number of benzene rings is 2. The lowest BCUT2D eigenvalue weighted by atomic mass is 9.88. The van der Waals surface area contributed by atoms with E-state index in [9.17, 15) is 0 Å². The molecule has 6 rings (SSSR count). The molecule has 0 saturated carbocycles. The van der Waals surface area contributed by atoms with Gasteiger partial charge in [-0.3, -0.25) is 9.91 Å². The topological polar surface area (TPSA) is 94.4 Å². The third-order valence-electron chi connectivity index (χ3n) is 8.26. The summed E-state index contributed by atoms with van der Waals surface area (Å²) in [4.78, 5) is 12.1. The molecular weight excluding hydrogens is 460 g/mol. The Bertz CT molecular complexity index is 1280. The number of aryl methyl sites for hydroxylation is 2. The first-order valence-corrected chi connectivity index (χ1v) is 13.5. The zero-order chi connectivity index (χ0) is 25.6. The summed E-state index contributed by atoms with van der Waals surface area (Å²) >= 11 is 0. The smallest absolute Gasteiger partial charge is 0.229 e. The Kier molecular flexibility index (Phi) is 6.36. The molecule has 3 aromatic rings. The van der Waals surface area contributed by atoms with Gasteiger partial charge in [0.15, 0.2) is 5.82 Å². The molecule has 5 N–H and O–H groups in total. The maximum atomic E-state index is 6.97. The Balaban J connectivity index is 1.19. The van der Waals surface area contributed by atoms with E-state index in [1.165, 1.54) is 43.6 Å². The standard InChI is InChI=1S/C29H38N8/c1-19-5-4-6-20(2)26(19)29(30)25-16-32-28(34-27(25)36(3)35-29)33-24-8-7-23-18-37(14-11-22(23)15-24)17-21-9-12-31-13-10-21/h4-8,15-16,21,31,35H,9-14,17-18,30H2,1-3H3,(H,32,33,34). The molecule has 4 heterocycles. The second-order valence-electron chi connectivity index (χ2n) is 11.0. The highest BCUT2D eigenvalue weighted by atomic mass is 15.6. The number of fused-ring (bicyclic) bond motifs is 2. The number of nitrogens with one attached hydrogen (secondary N) is 3. The van der Waals surface area contributed by atoms with Gasteiger partial charge < -0.3 is 16.4 Å². The molecule has 2 aromatic carbocycles. The van der Waals surface area contributed by atoms with Crippen molar-refractivity contribution in [3.63, 3.8) is 0 Å². The fourth-order valence-corrected chi connectivity index (χ4v) is 6.38. The molecule has 1 unspecified atom stereocenters. The van der Waals surface area contributed by atoms with Crippen molar-refractivity contribution in [2.24, 2.45) is 11.7 Å². The molecule has 0 spiro atoms. The molecule has 1 saturated heterocycles. The first kappa shape index (κ1) is 24.3. The van der Waals surface area contributed by atoms with E-state index in [2.05, 4.69) is 76.2 Å². The predicted octanol–water partition coefficient (Wildman–Crippen LogP) is 3.31. The molecule has 0 radical (unpaired) electrons. The zero-order valence-electron chi connectivity index (χ0n) is 22.1. The first-order valence-electron chi connectivity index (χ1n) is 13.5. The van der Waals surface area contributed by atoms with Crippen molar-refractivity contribution in [1.82, 2.24) is 25.6 Å². The van der Waals surface area contributed by atoms with Crippen LogP contribution in [0.15, 0.2) is 42.6 Å². The highest BCUT2D eigenvalue weighted by Crippen LogP contribution is 2.39. The molecular formula is C29H38N8. The van der Waals surface area contributed by atoms with Gasteiger partial charge in [-0.15, -0.1) is 0 Å². The van der Waals surface area contributed by atoms with Crippen molar-refractivity contribution >= 4 is 17.5 Å². The van der Waals surface area contributed by atoms with E-state index in [0.29, 0.717) is 5.95 Å². The van der Waals surface area contributed by atoms with Gasteiger partial charge in [-0.25, -0.2) is 10.4 Å². The fourth-order valence-electron chi connectivity index (χ4n) is 6.38. The lowest BCUT2D eigenvalue weighted by Gasteiger charge is -2.33. The second-order valence-corrected chi connectivity index (χ2v) is 11.0. The van der Waals surface area contributed by atoms with Crippen LogP contribution >= 0.6 is 0 Å². The molecule has 0 aliphatic carbocycles. The van der Waals surface area contributed by atoms with Crippen molar-refractivity contribution in [1.29, 1.82) is 0 Å². The molecule has 37 heavy (non-hydrogen) atoms. The average molecular weight is 499 g/mol. The number of hydrogen-bond acceptors (Lipinski definition) is 8. The van der Waals surface area contributed by atoms with Crippen LogP contribution in [0.2, 0.25) is 0 Å². The summed E-state index contributed by atoms with van der Waals surface area (Å²) in [6.07, 6.45) is 5.53. The van der Waals surface area contributed by atoms with Crippen LogP contribution in [0.5, 0.6) is 0 Å². The second kappa shape index (κ2) is 9.68. The number of nitrogens with zero attached hydrogens (tertiary/aromatic N) is 4. The largest absolute Gasteiger partial charge is 0.324 e. The van der Waals surface area contributed by atoms with Crippen LogP contribution in [0.1, 0.15) is 46.2 Å². The molecule has 194 valence electrons. The molecule has 1 atom stereocenters. The van der Waals surface area contributed by atoms with Crippen LogP contribution in [0.3, 0.4) is 0 Å². The maximum absolute atomic E-state index is 6.97. The van der Waals surface area contributed by atoms with Crippen molar-refractivity contribution < 1.29 is 0 Å². The molecule has 8 nitrogen and oxygen atoms in total. The summed E-state index contributed by atoms with van der Waals surface area (Å²) < 4.78 is 0. The SMILES string of the molecule is Cc1cccc(C)c1C1(N)NN(C)c2nc(Nc3ccc4c(c3)CCN(CC3CCNCC3)C4)ncc21. The summed E-state index contributed by atoms with van der Waals surface area (Å²) in [5.74, 6) is 2.19. The Hall–Kier alpha value is -3.04. The van der Waals surface area contributed by atoms with Crippen LogP contribution < -0.4 is 26.8 Å². The van der Waals surface area contributed by atoms with E-state index in [1.54, 1.807) is 0 Å². The Morgan fingerprint density at radius 2 is 1.89 bits per heavy atom. The summed E-state index contributed by atoms with van der Waals surface area (Å²) in [7, 11) is 1.95. The highest BCUT2D eigenvalue weighted by molar-refractivity contribution is 5.64. The predicted molar refractivity (Wildman–Crippen MR) is 149 cm³/mol. The Morgan fingerprint density at radius 3 is 2.68 bits per heavy atom. The highest BCUT2D eigenvalue weighted by Gasteiger charge is 2.43. The zero-order valence-corrected chi connectivity index (χ0v) is 22.1. The van der Waals surface area contributed by atoms with Gasteiger partial charge in [0.2, 0.25) is 5.95 Å². The fraction of sp³-hybridized carbons (Fsp3) is 0.448. The summed E-state index contributed by atoms with van der Waals surface area (Å²) in [6.45, 7) is 9.91. The van der Waals surface area contributed by atoms with Crippen LogP contribution in [-0.2, 0) is 18.6 Å². The summed E-state index contributed by atoms with van der Waals surface area (Å²) in [5, 5.41) is 8.81. The first-order chi connectivity index (χ1) is 17.9. The van der Waals surface area contributed by atoms with E-state index < -0.39 is 5.66 Å². The molecule has 8 heteroatoms. The number of anilines is 3. The van der Waals surface area contributed by atoms with E-state index >= 15 is 0 Å². The Morgan fingerprint density at radius 1 is 1.11 bits per heavy atom. The van der Waals surface area contributed by atoms with E-state index in [-0.39, 0.29) is 0 Å². The van der Waals surface area contributed by atoms with Crippen LogP contribution in [0.25, 0.3) is 0 Å². The van der Waals surface area contributed by atoms with Gasteiger partial charge in [-0.05, 0) is 92.1 Å². The third-order valence-corrected chi connectivity index (χ3v) is 8.26. The number of hydrogen-bond donors (Lipinski definition) is 4. The maximum Gasteiger partial charge on any atom is 0.229 e. The van der Waals surface area contributed by atoms with Crippen LogP contribution in [0.4, 0.5) is 17.5 Å². The van der Waals surface area contributed by atoms with Crippen molar-refractivity contribution in [3.8, 4) is 0 Å². The lowest BCUT2D eigenvalue weighted by Crippen LogP contribution is -2.52. The van der Waals surface area contributed by atoms with E-state index in [4.69, 9.17) is 10.7 Å². The minimum Gasteiger partial charge on any atom is -0.324 e. The molecule has 3 aliphatic rings. The average Bonchev–Trinajstić information content (AvgIpc) is 3.14. The molecule has 1 fully saturated rings. The van der Waals surface area contributed by atoms with E-state index in [1.807, 2.05) is 18.3 Å². The van der Waals surface area contributed by atoms with Gasteiger partial charge in [0, 0.05) is 38.6 Å². The lowest BCUT2D eigenvalue weighted by molar-refractivity contribution is 0.191. The van der Waals surface area contributed by atoms with E-state index in [0.717, 1.165) is 59.2 Å². The monoisotopic (exact) mass is 498 g/mol. The molecule has 3 aliphatic heterocycles. The Labute approximate surface area is 219 Å². The van der Waals surface area contributed by atoms with Gasteiger partial charge in [-0.1, -0.05) is 24.3 Å². The van der Waals surface area contributed by atoms with Gasteiger partial charge in [0.05, 0.1) is 5.56 Å². The minimum absolute atomic E-state index is 0.571. The minimum atomic E-state index is -0.871. The number of nitrogens with two attached hydrogens (primary N) is 1. The molecule has 0 amide bonds. The quantitative estimate of drug-likeness (QED) is 0.426. The van der Waals surface area contributed by atoms with Gasteiger partial charge in [0.1, 0.15) is 5.66 Å².